The maximum absolute atomic E-state index is 14.5. The van der Waals surface area contributed by atoms with Crippen LogP contribution in [0.25, 0.3) is 0 Å². The maximum atomic E-state index is 14.5. The summed E-state index contributed by atoms with van der Waals surface area (Å²) in [6.45, 7) is 3.89. The number of hydrogen-bond donors (Lipinski definition) is 1. The molecule has 236 valence electrons. The molecule has 4 rings (SSSR count). The van der Waals surface area contributed by atoms with E-state index in [9.17, 15) is 18.0 Å². The lowest BCUT2D eigenvalue weighted by Crippen LogP contribution is -2.53. The van der Waals surface area contributed by atoms with Gasteiger partial charge in [-0.1, -0.05) is 92.2 Å². The van der Waals surface area contributed by atoms with Gasteiger partial charge in [0.2, 0.25) is 11.8 Å². The highest BCUT2D eigenvalue weighted by atomic mass is 32.2. The average molecular weight is 628 g/mol. The Balaban J connectivity index is 1.80. The number of anilines is 1. The maximum Gasteiger partial charge on any atom is 0.264 e. The molecule has 0 heterocycles. The van der Waals surface area contributed by atoms with Gasteiger partial charge >= 0.3 is 0 Å². The van der Waals surface area contributed by atoms with Crippen molar-refractivity contribution in [2.45, 2.75) is 50.6 Å². The van der Waals surface area contributed by atoms with Crippen molar-refractivity contribution in [3.05, 3.63) is 126 Å². The standard InChI is InChI=1S/C36H41N3O5S/c1-4-5-23-37-36(41)34(25-29-16-8-6-9-17-29)38(26-30-18-14-19-31(24-30)44-3)35(40)27-39(33-22-13-12-15-28(33)2)45(42,43)32-20-10-7-11-21-32/h6-22,24,34H,4-5,23,25-27H2,1-3H3,(H,37,41). The average Bonchev–Trinajstić information content (AvgIpc) is 3.06. The molecule has 0 aliphatic rings. The second kappa shape index (κ2) is 15.9. The molecule has 8 nitrogen and oxygen atoms in total. The van der Waals surface area contributed by atoms with Gasteiger partial charge in [-0.25, -0.2) is 8.42 Å². The molecule has 1 atom stereocenters. The summed E-state index contributed by atoms with van der Waals surface area (Å²) in [4.78, 5) is 30.0. The molecule has 0 fully saturated rings. The van der Waals surface area contributed by atoms with Gasteiger partial charge in [0.1, 0.15) is 18.3 Å². The Bertz CT molecular complexity index is 1660. The predicted molar refractivity (Wildman–Crippen MR) is 178 cm³/mol. The van der Waals surface area contributed by atoms with E-state index in [1.807, 2.05) is 61.5 Å². The van der Waals surface area contributed by atoms with Gasteiger partial charge in [-0.2, -0.15) is 0 Å². The minimum absolute atomic E-state index is 0.0681. The molecule has 1 unspecified atom stereocenters. The number of amides is 2. The van der Waals surface area contributed by atoms with Crippen LogP contribution in [-0.2, 0) is 32.6 Å². The number of methoxy groups -OCH3 is 1. The van der Waals surface area contributed by atoms with E-state index in [2.05, 4.69) is 5.32 Å². The molecule has 0 saturated carbocycles. The first-order valence-corrected chi connectivity index (χ1v) is 16.6. The third-order valence-corrected chi connectivity index (χ3v) is 9.36. The number of ether oxygens (including phenoxy) is 1. The Labute approximate surface area is 266 Å². The molecular weight excluding hydrogens is 586 g/mol. The second-order valence-corrected chi connectivity index (χ2v) is 12.7. The minimum Gasteiger partial charge on any atom is -0.497 e. The van der Waals surface area contributed by atoms with Crippen LogP contribution in [0.5, 0.6) is 5.75 Å². The summed E-state index contributed by atoms with van der Waals surface area (Å²) in [5, 5.41) is 3.01. The molecule has 4 aromatic rings. The smallest absolute Gasteiger partial charge is 0.264 e. The molecule has 45 heavy (non-hydrogen) atoms. The number of aryl methyl sites for hydroxylation is 1. The lowest BCUT2D eigenvalue weighted by Gasteiger charge is -2.34. The largest absolute Gasteiger partial charge is 0.497 e. The van der Waals surface area contributed by atoms with Crippen molar-refractivity contribution in [1.82, 2.24) is 10.2 Å². The third kappa shape index (κ3) is 8.73. The summed E-state index contributed by atoms with van der Waals surface area (Å²) in [6, 6.07) is 31.0. The first-order valence-electron chi connectivity index (χ1n) is 15.1. The number of unbranched alkanes of at least 4 members (excludes halogenated alkanes) is 1. The van der Waals surface area contributed by atoms with E-state index in [1.165, 1.54) is 17.0 Å². The minimum atomic E-state index is -4.15. The van der Waals surface area contributed by atoms with E-state index in [0.29, 0.717) is 23.5 Å². The summed E-state index contributed by atoms with van der Waals surface area (Å²) < 4.78 is 34.8. The number of hydrogen-bond acceptors (Lipinski definition) is 5. The number of para-hydroxylation sites is 1. The van der Waals surface area contributed by atoms with Crippen molar-refractivity contribution in [2.75, 3.05) is 24.5 Å². The number of sulfonamides is 1. The second-order valence-electron chi connectivity index (χ2n) is 10.8. The van der Waals surface area contributed by atoms with Gasteiger partial charge in [0.15, 0.2) is 0 Å². The summed E-state index contributed by atoms with van der Waals surface area (Å²) in [7, 11) is -2.58. The molecule has 9 heteroatoms. The van der Waals surface area contributed by atoms with Crippen LogP contribution in [0, 0.1) is 6.92 Å². The van der Waals surface area contributed by atoms with Crippen LogP contribution in [0.15, 0.2) is 114 Å². The Kier molecular flexibility index (Phi) is 11.8. The van der Waals surface area contributed by atoms with Gasteiger partial charge in [-0.05, 0) is 60.4 Å². The lowest BCUT2D eigenvalue weighted by molar-refractivity contribution is -0.140. The monoisotopic (exact) mass is 627 g/mol. The van der Waals surface area contributed by atoms with E-state index < -0.39 is 28.5 Å². The third-order valence-electron chi connectivity index (χ3n) is 7.58. The van der Waals surface area contributed by atoms with E-state index >= 15 is 0 Å². The zero-order valence-corrected chi connectivity index (χ0v) is 26.9. The Morgan fingerprint density at radius 3 is 2.16 bits per heavy atom. The summed E-state index contributed by atoms with van der Waals surface area (Å²) in [5.74, 6) is -0.191. The van der Waals surface area contributed by atoms with Crippen LogP contribution in [-0.4, -0.2) is 51.4 Å². The molecule has 0 radical (unpaired) electrons. The van der Waals surface area contributed by atoms with Crippen molar-refractivity contribution in [2.24, 2.45) is 0 Å². The molecular formula is C36H41N3O5S. The highest BCUT2D eigenvalue weighted by Gasteiger charge is 2.35. The Morgan fingerprint density at radius 2 is 1.49 bits per heavy atom. The normalized spacial score (nSPS) is 11.8. The van der Waals surface area contributed by atoms with Crippen LogP contribution in [0.1, 0.15) is 36.5 Å². The van der Waals surface area contributed by atoms with Crippen LogP contribution in [0.4, 0.5) is 5.69 Å². The van der Waals surface area contributed by atoms with Gasteiger partial charge in [-0.15, -0.1) is 0 Å². The molecule has 1 N–H and O–H groups in total. The highest BCUT2D eigenvalue weighted by Crippen LogP contribution is 2.28. The number of carbonyl (C=O) groups is 2. The molecule has 0 spiro atoms. The van der Waals surface area contributed by atoms with E-state index in [4.69, 9.17) is 4.74 Å². The fourth-order valence-electron chi connectivity index (χ4n) is 5.10. The zero-order chi connectivity index (χ0) is 32.2. The lowest BCUT2D eigenvalue weighted by atomic mass is 10.0. The van der Waals surface area contributed by atoms with Crippen molar-refractivity contribution in [3.63, 3.8) is 0 Å². The molecule has 4 aromatic carbocycles. The quantitative estimate of drug-likeness (QED) is 0.169. The number of nitrogens with zero attached hydrogens (tertiary/aromatic N) is 2. The van der Waals surface area contributed by atoms with Crippen LogP contribution < -0.4 is 14.4 Å². The fourth-order valence-corrected chi connectivity index (χ4v) is 6.60. The van der Waals surface area contributed by atoms with Crippen molar-refractivity contribution >= 4 is 27.5 Å². The van der Waals surface area contributed by atoms with Crippen molar-refractivity contribution in [3.8, 4) is 5.75 Å². The van der Waals surface area contributed by atoms with Crippen LogP contribution >= 0.6 is 0 Å². The highest BCUT2D eigenvalue weighted by molar-refractivity contribution is 7.92. The van der Waals surface area contributed by atoms with Gasteiger partial charge in [0.25, 0.3) is 10.0 Å². The summed E-state index contributed by atoms with van der Waals surface area (Å²) in [6.07, 6.45) is 1.95. The fraction of sp³-hybridized carbons (Fsp3) is 0.278. The first-order chi connectivity index (χ1) is 21.7. The number of benzene rings is 4. The number of nitrogens with one attached hydrogen (secondary N) is 1. The molecule has 0 aliphatic carbocycles. The first kappa shape index (κ1) is 33.3. The van der Waals surface area contributed by atoms with Crippen molar-refractivity contribution < 1.29 is 22.7 Å². The summed E-state index contributed by atoms with van der Waals surface area (Å²) in [5.41, 5.74) is 2.71. The SMILES string of the molecule is CCCCNC(=O)C(Cc1ccccc1)N(Cc1cccc(OC)c1)C(=O)CN(c1ccccc1C)S(=O)(=O)c1ccccc1. The summed E-state index contributed by atoms with van der Waals surface area (Å²) >= 11 is 0. The van der Waals surface area contributed by atoms with Crippen LogP contribution in [0.2, 0.25) is 0 Å². The predicted octanol–water partition coefficient (Wildman–Crippen LogP) is 5.76. The molecule has 0 aromatic heterocycles. The topological polar surface area (TPSA) is 96.0 Å². The van der Waals surface area contributed by atoms with E-state index in [0.717, 1.165) is 28.3 Å². The van der Waals surface area contributed by atoms with Gasteiger partial charge < -0.3 is 15.0 Å². The molecule has 0 saturated heterocycles. The van der Waals surface area contributed by atoms with Gasteiger partial charge in [0, 0.05) is 19.5 Å². The van der Waals surface area contributed by atoms with E-state index in [-0.39, 0.29) is 23.8 Å². The number of rotatable bonds is 15. The van der Waals surface area contributed by atoms with E-state index in [1.54, 1.807) is 56.5 Å². The zero-order valence-electron chi connectivity index (χ0n) is 26.1. The van der Waals surface area contributed by atoms with Crippen LogP contribution in [0.3, 0.4) is 0 Å². The Morgan fingerprint density at radius 1 is 0.844 bits per heavy atom. The molecule has 0 aliphatic heterocycles. The van der Waals surface area contributed by atoms with Gasteiger partial charge in [-0.3, -0.25) is 13.9 Å². The van der Waals surface area contributed by atoms with Crippen molar-refractivity contribution in [1.29, 1.82) is 0 Å². The number of carbonyl (C=O) groups excluding carboxylic acids is 2. The van der Waals surface area contributed by atoms with Gasteiger partial charge in [0.05, 0.1) is 17.7 Å². The Hall–Kier alpha value is -4.63. The molecule has 0 bridgehead atoms. The molecule has 2 amide bonds.